The van der Waals surface area contributed by atoms with Crippen molar-refractivity contribution in [3.05, 3.63) is 41.9 Å². The van der Waals surface area contributed by atoms with E-state index in [1.807, 2.05) is 0 Å². The fourth-order valence-corrected chi connectivity index (χ4v) is 1.01. The predicted molar refractivity (Wildman–Crippen MR) is 52.7 cm³/mol. The van der Waals surface area contributed by atoms with E-state index < -0.39 is 24.1 Å². The number of carboxylic acid groups (broad SMARTS) is 2. The molecule has 0 aliphatic rings. The maximum Gasteiger partial charge on any atom is 0.513 e. The van der Waals surface area contributed by atoms with Gasteiger partial charge in [-0.1, -0.05) is 30.3 Å². The third-order valence-electron chi connectivity index (χ3n) is 1.58. The van der Waals surface area contributed by atoms with Crippen LogP contribution in [-0.4, -0.2) is 22.5 Å². The van der Waals surface area contributed by atoms with Gasteiger partial charge in [-0.25, -0.2) is 9.59 Å². The second kappa shape index (κ2) is 5.50. The molecule has 6 nitrogen and oxygen atoms in total. The molecule has 0 amide bonds. The fourth-order valence-electron chi connectivity index (χ4n) is 1.01. The smallest absolute Gasteiger partial charge is 0.449 e. The molecule has 0 aliphatic carbocycles. The average molecular weight is 242 g/mol. The molecule has 0 fully saturated rings. The zero-order valence-electron chi connectivity index (χ0n) is 8.29. The van der Waals surface area contributed by atoms with E-state index in [1.54, 1.807) is 6.07 Å². The van der Waals surface area contributed by atoms with Crippen molar-refractivity contribution in [3.63, 3.8) is 0 Å². The highest BCUT2D eigenvalue weighted by Crippen LogP contribution is 2.22. The van der Waals surface area contributed by atoms with Gasteiger partial charge in [0.1, 0.15) is 0 Å². The lowest BCUT2D eigenvalue weighted by molar-refractivity contribution is 0.0905. The van der Waals surface area contributed by atoms with Crippen molar-refractivity contribution in [3.8, 4) is 0 Å². The van der Waals surface area contributed by atoms with E-state index in [1.165, 1.54) is 24.3 Å². The van der Waals surface area contributed by atoms with Crippen LogP contribution in [0.3, 0.4) is 0 Å². The lowest BCUT2D eigenvalue weighted by Gasteiger charge is -2.06. The van der Waals surface area contributed by atoms with Crippen LogP contribution >= 0.6 is 0 Å². The van der Waals surface area contributed by atoms with Crippen LogP contribution in [0.2, 0.25) is 0 Å². The van der Waals surface area contributed by atoms with Crippen molar-refractivity contribution in [1.29, 1.82) is 0 Å². The first-order valence-corrected chi connectivity index (χ1v) is 4.27. The highest BCUT2D eigenvalue weighted by Gasteiger charge is 2.18. The summed E-state index contributed by atoms with van der Waals surface area (Å²) < 4.78 is 21.1. The van der Waals surface area contributed by atoms with E-state index >= 15 is 0 Å². The number of hydrogen-bond donors (Lipinski definition) is 2. The SMILES string of the molecule is O=C(O)O/C(F)=C(/OC(=O)O)c1ccccc1. The zero-order valence-corrected chi connectivity index (χ0v) is 8.29. The standard InChI is InChI=1S/C10H7FO6/c11-8(17-10(14)15)7(16-9(12)13)6-4-2-1-3-5-6/h1-5H,(H,12,13)(H,14,15)/b8-7+. The topological polar surface area (TPSA) is 93.1 Å². The molecule has 0 aromatic heterocycles. The number of carbonyl (C=O) groups is 2. The van der Waals surface area contributed by atoms with E-state index in [4.69, 9.17) is 10.2 Å². The quantitative estimate of drug-likeness (QED) is 0.625. The molecule has 1 rings (SSSR count). The van der Waals surface area contributed by atoms with E-state index in [9.17, 15) is 14.0 Å². The minimum absolute atomic E-state index is 0.0358. The van der Waals surface area contributed by atoms with Gasteiger partial charge in [0.05, 0.1) is 0 Å². The van der Waals surface area contributed by atoms with Gasteiger partial charge >= 0.3 is 18.3 Å². The first kappa shape index (κ1) is 12.5. The first-order chi connectivity index (χ1) is 8.00. The number of benzene rings is 1. The average Bonchev–Trinajstić information content (AvgIpc) is 2.25. The molecule has 90 valence electrons. The molecule has 0 radical (unpaired) electrons. The second-order valence-electron chi connectivity index (χ2n) is 2.70. The van der Waals surface area contributed by atoms with Crippen LogP contribution in [-0.2, 0) is 9.47 Å². The van der Waals surface area contributed by atoms with Crippen molar-refractivity contribution in [1.82, 2.24) is 0 Å². The summed E-state index contributed by atoms with van der Waals surface area (Å²) in [5.41, 5.74) is 0.0358. The summed E-state index contributed by atoms with van der Waals surface area (Å²) in [5, 5.41) is 16.6. The van der Waals surface area contributed by atoms with E-state index in [-0.39, 0.29) is 5.56 Å². The van der Waals surface area contributed by atoms with Gasteiger partial charge in [0.15, 0.2) is 0 Å². The summed E-state index contributed by atoms with van der Waals surface area (Å²) in [5.74, 6) is -0.819. The molecule has 0 heterocycles. The minimum atomic E-state index is -1.91. The Balaban J connectivity index is 3.11. The molecule has 0 saturated carbocycles. The van der Waals surface area contributed by atoms with Crippen LogP contribution < -0.4 is 0 Å². The number of halogens is 1. The van der Waals surface area contributed by atoms with Gasteiger partial charge in [0.2, 0.25) is 5.76 Å². The van der Waals surface area contributed by atoms with Gasteiger partial charge in [0, 0.05) is 5.56 Å². The third-order valence-corrected chi connectivity index (χ3v) is 1.58. The molecule has 0 unspecified atom stereocenters. The highest BCUT2D eigenvalue weighted by molar-refractivity contribution is 5.73. The molecular formula is C10H7FO6. The van der Waals surface area contributed by atoms with E-state index in [0.29, 0.717) is 0 Å². The molecular weight excluding hydrogens is 235 g/mol. The molecule has 2 N–H and O–H groups in total. The van der Waals surface area contributed by atoms with Crippen LogP contribution in [0.15, 0.2) is 36.3 Å². The Hall–Kier alpha value is -2.57. The summed E-state index contributed by atoms with van der Waals surface area (Å²) in [4.78, 5) is 20.5. The minimum Gasteiger partial charge on any atom is -0.449 e. The molecule has 0 spiro atoms. The molecule has 0 aliphatic heterocycles. The van der Waals surface area contributed by atoms with E-state index in [2.05, 4.69) is 9.47 Å². The van der Waals surface area contributed by atoms with Gasteiger partial charge in [-0.3, -0.25) is 0 Å². The molecule has 17 heavy (non-hydrogen) atoms. The van der Waals surface area contributed by atoms with Gasteiger partial charge in [-0.15, -0.1) is 0 Å². The van der Waals surface area contributed by atoms with Gasteiger partial charge in [-0.05, 0) is 0 Å². The van der Waals surface area contributed by atoms with Crippen molar-refractivity contribution in [2.24, 2.45) is 0 Å². The maximum atomic E-state index is 13.3. The molecule has 0 bridgehead atoms. The Morgan fingerprint density at radius 2 is 1.53 bits per heavy atom. The summed E-state index contributed by atoms with van der Waals surface area (Å²) in [6.45, 7) is 0. The number of rotatable bonds is 3. The summed E-state index contributed by atoms with van der Waals surface area (Å²) >= 11 is 0. The first-order valence-electron chi connectivity index (χ1n) is 4.27. The third kappa shape index (κ3) is 3.82. The lowest BCUT2D eigenvalue weighted by atomic mass is 10.2. The summed E-state index contributed by atoms with van der Waals surface area (Å²) in [6.07, 6.45) is -3.70. The van der Waals surface area contributed by atoms with Crippen LogP contribution in [0.5, 0.6) is 0 Å². The van der Waals surface area contributed by atoms with Crippen molar-refractivity contribution < 1.29 is 33.7 Å². The van der Waals surface area contributed by atoms with Crippen LogP contribution in [0.4, 0.5) is 14.0 Å². The fraction of sp³-hybridized carbons (Fsp3) is 0. The monoisotopic (exact) mass is 242 g/mol. The van der Waals surface area contributed by atoms with Gasteiger partial charge in [0.25, 0.3) is 0 Å². The van der Waals surface area contributed by atoms with Gasteiger partial charge < -0.3 is 19.7 Å². The molecule has 0 saturated heterocycles. The largest absolute Gasteiger partial charge is 0.513 e. The van der Waals surface area contributed by atoms with E-state index in [0.717, 1.165) is 0 Å². The highest BCUT2D eigenvalue weighted by atomic mass is 19.1. The molecule has 7 heteroatoms. The normalized spacial score (nSPS) is 11.4. The van der Waals surface area contributed by atoms with Crippen LogP contribution in [0.25, 0.3) is 5.76 Å². The van der Waals surface area contributed by atoms with Crippen LogP contribution in [0.1, 0.15) is 5.56 Å². The molecule has 1 aromatic rings. The lowest BCUT2D eigenvalue weighted by Crippen LogP contribution is -2.05. The Morgan fingerprint density at radius 3 is 2.00 bits per heavy atom. The Morgan fingerprint density at radius 1 is 1.00 bits per heavy atom. The Kier molecular flexibility index (Phi) is 4.04. The van der Waals surface area contributed by atoms with Crippen molar-refractivity contribution in [2.75, 3.05) is 0 Å². The van der Waals surface area contributed by atoms with Crippen molar-refractivity contribution >= 4 is 18.1 Å². The zero-order chi connectivity index (χ0) is 12.8. The molecule has 0 atom stereocenters. The van der Waals surface area contributed by atoms with Crippen molar-refractivity contribution in [2.45, 2.75) is 0 Å². The van der Waals surface area contributed by atoms with Gasteiger partial charge in [-0.2, -0.15) is 4.39 Å². The number of ether oxygens (including phenoxy) is 2. The summed E-state index contributed by atoms with van der Waals surface area (Å²) in [6, 6.07) is 5.62. The second-order valence-corrected chi connectivity index (χ2v) is 2.70. The Labute approximate surface area is 94.5 Å². The predicted octanol–water partition coefficient (Wildman–Crippen LogP) is 2.67. The van der Waals surface area contributed by atoms with Crippen LogP contribution in [0, 0.1) is 0 Å². The number of hydrogen-bond acceptors (Lipinski definition) is 4. The summed E-state index contributed by atoms with van der Waals surface area (Å²) in [7, 11) is 0. The maximum absolute atomic E-state index is 13.3. The Bertz CT molecular complexity index is 453. The molecule has 1 aromatic carbocycles.